The van der Waals surface area contributed by atoms with E-state index in [0.717, 1.165) is 22.0 Å². The van der Waals surface area contributed by atoms with Gasteiger partial charge in [-0.25, -0.2) is 4.98 Å². The predicted molar refractivity (Wildman–Crippen MR) is 112 cm³/mol. The maximum Gasteiger partial charge on any atom is 0.203 e. The number of rotatable bonds is 9. The van der Waals surface area contributed by atoms with Crippen LogP contribution >= 0.6 is 11.3 Å². The Morgan fingerprint density at radius 2 is 2.07 bits per heavy atom. The van der Waals surface area contributed by atoms with Crippen molar-refractivity contribution in [3.63, 3.8) is 0 Å². The monoisotopic (exact) mass is 392 g/mol. The van der Waals surface area contributed by atoms with Crippen LogP contribution in [0.1, 0.15) is 18.4 Å². The fourth-order valence-corrected chi connectivity index (χ4v) is 3.12. The van der Waals surface area contributed by atoms with Crippen LogP contribution in [0.25, 0.3) is 11.3 Å². The summed E-state index contributed by atoms with van der Waals surface area (Å²) >= 11 is 1.50. The second kappa shape index (κ2) is 10.1. The molecule has 0 aliphatic carbocycles. The molecule has 0 unspecified atom stereocenters. The van der Waals surface area contributed by atoms with Crippen LogP contribution < -0.4 is 14.9 Å². The van der Waals surface area contributed by atoms with Gasteiger partial charge in [-0.15, -0.1) is 11.3 Å². The van der Waals surface area contributed by atoms with Gasteiger partial charge in [-0.2, -0.15) is 10.4 Å². The molecule has 3 aromatic rings. The van der Waals surface area contributed by atoms with Crippen LogP contribution in [0.3, 0.4) is 0 Å². The van der Waals surface area contributed by atoms with Gasteiger partial charge in [0.25, 0.3) is 0 Å². The minimum absolute atomic E-state index is 0.462. The van der Waals surface area contributed by atoms with Crippen molar-refractivity contribution in [3.8, 4) is 28.8 Å². The molecule has 0 fully saturated rings. The molecule has 1 aromatic heterocycles. The van der Waals surface area contributed by atoms with Crippen molar-refractivity contribution >= 4 is 22.7 Å². The maximum absolute atomic E-state index is 8.61. The van der Waals surface area contributed by atoms with E-state index in [1.54, 1.807) is 13.3 Å². The van der Waals surface area contributed by atoms with E-state index in [1.165, 1.54) is 11.3 Å². The zero-order chi connectivity index (χ0) is 19.6. The number of methoxy groups -OCH3 is 1. The second-order valence-corrected chi connectivity index (χ2v) is 6.65. The van der Waals surface area contributed by atoms with Gasteiger partial charge in [0.1, 0.15) is 0 Å². The highest BCUT2D eigenvalue weighted by Crippen LogP contribution is 2.28. The third-order valence-electron chi connectivity index (χ3n) is 3.83. The van der Waals surface area contributed by atoms with E-state index in [1.807, 2.05) is 53.9 Å². The normalized spacial score (nSPS) is 10.6. The summed E-state index contributed by atoms with van der Waals surface area (Å²) < 4.78 is 11.0. The molecule has 0 aliphatic rings. The zero-order valence-electron chi connectivity index (χ0n) is 15.5. The molecule has 2 aromatic carbocycles. The predicted octanol–water partition coefficient (Wildman–Crippen LogP) is 4.95. The first-order chi connectivity index (χ1) is 13.8. The summed E-state index contributed by atoms with van der Waals surface area (Å²) in [5.41, 5.74) is 5.81. The second-order valence-electron chi connectivity index (χ2n) is 5.79. The van der Waals surface area contributed by atoms with Gasteiger partial charge in [-0.3, -0.25) is 5.43 Å². The molecule has 0 bridgehead atoms. The van der Waals surface area contributed by atoms with Gasteiger partial charge < -0.3 is 9.47 Å². The van der Waals surface area contributed by atoms with Crippen molar-refractivity contribution < 1.29 is 9.47 Å². The number of nitrogens with one attached hydrogen (secondary N) is 1. The van der Waals surface area contributed by atoms with E-state index in [-0.39, 0.29) is 0 Å². The lowest BCUT2D eigenvalue weighted by Gasteiger charge is -2.10. The summed E-state index contributed by atoms with van der Waals surface area (Å²) in [7, 11) is 1.60. The molecule has 3 rings (SSSR count). The van der Waals surface area contributed by atoms with Crippen molar-refractivity contribution in [3.05, 3.63) is 59.5 Å². The van der Waals surface area contributed by atoms with Crippen LogP contribution in [-0.4, -0.2) is 24.9 Å². The van der Waals surface area contributed by atoms with Gasteiger partial charge in [0.2, 0.25) is 5.13 Å². The number of unbranched alkanes of at least 4 members (excludes halogenated alkanes) is 1. The first-order valence-corrected chi connectivity index (χ1v) is 9.66. The third-order valence-corrected chi connectivity index (χ3v) is 4.57. The van der Waals surface area contributed by atoms with Crippen LogP contribution in [0.4, 0.5) is 5.13 Å². The molecule has 0 atom stereocenters. The quantitative estimate of drug-likeness (QED) is 0.317. The summed E-state index contributed by atoms with van der Waals surface area (Å²) in [6.07, 6.45) is 2.84. The van der Waals surface area contributed by atoms with Crippen molar-refractivity contribution in [1.82, 2.24) is 4.98 Å². The van der Waals surface area contributed by atoms with E-state index in [2.05, 4.69) is 21.6 Å². The largest absolute Gasteiger partial charge is 0.493 e. The van der Waals surface area contributed by atoms with Crippen LogP contribution in [-0.2, 0) is 0 Å². The molecular formula is C21H20N4O2S. The summed E-state index contributed by atoms with van der Waals surface area (Å²) in [6.45, 7) is 0.462. The highest BCUT2D eigenvalue weighted by molar-refractivity contribution is 7.14. The Kier molecular flexibility index (Phi) is 6.99. The fraction of sp³-hybridized carbons (Fsp3) is 0.190. The number of nitrogens with zero attached hydrogens (tertiary/aromatic N) is 3. The third kappa shape index (κ3) is 5.32. The number of ether oxygens (including phenoxy) is 2. The highest BCUT2D eigenvalue weighted by Gasteiger charge is 2.06. The molecular weight excluding hydrogens is 372 g/mol. The lowest BCUT2D eigenvalue weighted by Crippen LogP contribution is -2.00. The first kappa shape index (κ1) is 19.4. The Hall–Kier alpha value is -3.37. The molecule has 7 heteroatoms. The van der Waals surface area contributed by atoms with Crippen LogP contribution in [0, 0.1) is 11.3 Å². The molecule has 1 N–H and O–H groups in total. The summed E-state index contributed by atoms with van der Waals surface area (Å²) in [5.74, 6) is 1.28. The molecule has 0 amide bonds. The molecule has 0 saturated carbocycles. The van der Waals surface area contributed by atoms with Crippen LogP contribution in [0.5, 0.6) is 11.5 Å². The average molecular weight is 392 g/mol. The minimum Gasteiger partial charge on any atom is -0.493 e. The number of aromatic nitrogens is 1. The number of anilines is 1. The van der Waals surface area contributed by atoms with E-state index in [9.17, 15) is 0 Å². The Bertz CT molecular complexity index is 964. The lowest BCUT2D eigenvalue weighted by atomic mass is 10.2. The Morgan fingerprint density at radius 3 is 2.86 bits per heavy atom. The molecule has 1 heterocycles. The van der Waals surface area contributed by atoms with E-state index < -0.39 is 0 Å². The number of thiazole rings is 1. The van der Waals surface area contributed by atoms with Gasteiger partial charge in [0.15, 0.2) is 11.5 Å². The van der Waals surface area contributed by atoms with E-state index >= 15 is 0 Å². The van der Waals surface area contributed by atoms with Gasteiger partial charge >= 0.3 is 0 Å². The Balaban J connectivity index is 1.62. The molecule has 28 heavy (non-hydrogen) atoms. The molecule has 0 aliphatic heterocycles. The zero-order valence-corrected chi connectivity index (χ0v) is 16.3. The smallest absolute Gasteiger partial charge is 0.203 e. The van der Waals surface area contributed by atoms with Gasteiger partial charge in [-0.05, 0) is 30.2 Å². The number of nitriles is 1. The summed E-state index contributed by atoms with van der Waals surface area (Å²) in [6, 6.07) is 17.7. The molecule has 0 radical (unpaired) electrons. The highest BCUT2D eigenvalue weighted by atomic mass is 32.1. The van der Waals surface area contributed by atoms with Gasteiger partial charge in [0.05, 0.1) is 31.7 Å². The van der Waals surface area contributed by atoms with Gasteiger partial charge in [-0.1, -0.05) is 30.3 Å². The maximum atomic E-state index is 8.61. The van der Waals surface area contributed by atoms with Crippen molar-refractivity contribution in [1.29, 1.82) is 5.26 Å². The Labute approximate surface area is 168 Å². The Morgan fingerprint density at radius 1 is 1.21 bits per heavy atom. The molecule has 6 nitrogen and oxygen atoms in total. The van der Waals surface area contributed by atoms with Gasteiger partial charge in [0, 0.05) is 17.4 Å². The van der Waals surface area contributed by atoms with E-state index in [0.29, 0.717) is 30.9 Å². The fourth-order valence-electron chi connectivity index (χ4n) is 2.45. The lowest BCUT2D eigenvalue weighted by molar-refractivity contribution is 0.291. The average Bonchev–Trinajstić information content (AvgIpc) is 3.21. The van der Waals surface area contributed by atoms with Crippen LogP contribution in [0.2, 0.25) is 0 Å². The van der Waals surface area contributed by atoms with Crippen LogP contribution in [0.15, 0.2) is 59.0 Å². The first-order valence-electron chi connectivity index (χ1n) is 8.78. The molecule has 0 spiro atoms. The van der Waals surface area contributed by atoms with Crippen molar-refractivity contribution in [2.75, 3.05) is 19.1 Å². The molecule has 142 valence electrons. The van der Waals surface area contributed by atoms with Crippen molar-refractivity contribution in [2.45, 2.75) is 12.8 Å². The number of benzene rings is 2. The summed E-state index contributed by atoms with van der Waals surface area (Å²) in [5, 5.41) is 15.6. The topological polar surface area (TPSA) is 79.5 Å². The number of hydrazone groups is 1. The number of hydrogen-bond donors (Lipinski definition) is 1. The standard InChI is InChI=1S/C21H20N4O2S/c1-26-19-10-9-16(13-20(19)27-12-6-5-11-22)14-23-25-21-24-18(15-28-21)17-7-3-2-4-8-17/h2-4,7-10,13-15H,5-6,12H2,1H3,(H,24,25). The number of hydrogen-bond acceptors (Lipinski definition) is 7. The minimum atomic E-state index is 0.462. The van der Waals surface area contributed by atoms with Crippen molar-refractivity contribution in [2.24, 2.45) is 5.10 Å². The summed E-state index contributed by atoms with van der Waals surface area (Å²) in [4.78, 5) is 4.54. The SMILES string of the molecule is COc1ccc(C=NNc2nc(-c3ccccc3)cs2)cc1OCCCC#N. The molecule has 0 saturated heterocycles. The van der Waals surface area contributed by atoms with E-state index in [4.69, 9.17) is 14.7 Å².